The van der Waals surface area contributed by atoms with Crippen LogP contribution in [0.25, 0.3) is 0 Å². The smallest absolute Gasteiger partial charge is 0.191 e. The maximum atomic E-state index is 13.8. The van der Waals surface area contributed by atoms with Gasteiger partial charge in [0.2, 0.25) is 0 Å². The zero-order valence-corrected chi connectivity index (χ0v) is 20.7. The van der Waals surface area contributed by atoms with Crippen molar-refractivity contribution >= 4 is 56.7 Å². The summed E-state index contributed by atoms with van der Waals surface area (Å²) in [7, 11) is 1.04. The Hall–Kier alpha value is -0.220. The fourth-order valence-electron chi connectivity index (χ4n) is 3.35. The molecule has 27 heavy (non-hydrogen) atoms. The summed E-state index contributed by atoms with van der Waals surface area (Å²) in [5.41, 5.74) is 0.732. The van der Waals surface area contributed by atoms with E-state index in [4.69, 9.17) is 0 Å². The van der Waals surface area contributed by atoms with Crippen molar-refractivity contribution in [2.75, 3.05) is 19.3 Å². The van der Waals surface area contributed by atoms with E-state index in [0.29, 0.717) is 17.7 Å². The fraction of sp³-hybridized carbons (Fsp3) is 0.632. The molecule has 1 aromatic carbocycles. The number of guanidine groups is 1. The van der Waals surface area contributed by atoms with Crippen LogP contribution in [0.5, 0.6) is 0 Å². The molecular formula is C19H30BrFIN3OS. The minimum atomic E-state index is -0.722. The Labute approximate surface area is 190 Å². The minimum absolute atomic E-state index is 0. The van der Waals surface area contributed by atoms with E-state index in [-0.39, 0.29) is 29.8 Å². The van der Waals surface area contributed by atoms with E-state index in [2.05, 4.69) is 31.6 Å². The molecule has 0 amide bonds. The largest absolute Gasteiger partial charge is 0.356 e. The number of rotatable bonds is 7. The number of hydrogen-bond donors (Lipinski definition) is 2. The Kier molecular flexibility index (Phi) is 12.0. The number of nitrogens with one attached hydrogen (secondary N) is 2. The molecule has 0 aromatic heterocycles. The Morgan fingerprint density at radius 2 is 2.19 bits per heavy atom. The summed E-state index contributed by atoms with van der Waals surface area (Å²) in [6.07, 6.45) is 5.70. The van der Waals surface area contributed by atoms with E-state index in [1.54, 1.807) is 7.05 Å². The van der Waals surface area contributed by atoms with Crippen LogP contribution in [0.15, 0.2) is 27.7 Å². The third-order valence-corrected chi connectivity index (χ3v) is 7.01. The lowest BCUT2D eigenvalue weighted by Crippen LogP contribution is -2.46. The number of nitrogens with zero attached hydrogens (tertiary/aromatic N) is 1. The fourth-order valence-corrected chi connectivity index (χ4v) is 5.03. The highest BCUT2D eigenvalue weighted by atomic mass is 127. The summed E-state index contributed by atoms with van der Waals surface area (Å²) in [5, 5.41) is 7.06. The minimum Gasteiger partial charge on any atom is -0.356 e. The zero-order chi connectivity index (χ0) is 18.9. The molecule has 1 saturated carbocycles. The molecule has 0 aliphatic heterocycles. The third-order valence-electron chi connectivity index (χ3n) is 4.78. The summed E-state index contributed by atoms with van der Waals surface area (Å²) in [4.78, 5) is 4.28. The average molecular weight is 574 g/mol. The monoisotopic (exact) mass is 573 g/mol. The second-order valence-electron chi connectivity index (χ2n) is 6.64. The molecule has 0 spiro atoms. The Bertz CT molecular complexity index is 647. The SMILES string of the molecule is CCS(=O)C1CCCC(NC(=NC)NCCCc2ccc(Br)cc2F)C1.I. The molecule has 2 rings (SSSR count). The normalized spacial score (nSPS) is 21.3. The Morgan fingerprint density at radius 1 is 1.41 bits per heavy atom. The van der Waals surface area contributed by atoms with Crippen LogP contribution in [0.3, 0.4) is 0 Å². The van der Waals surface area contributed by atoms with Gasteiger partial charge in [0.1, 0.15) is 5.82 Å². The average Bonchev–Trinajstić information content (AvgIpc) is 2.65. The van der Waals surface area contributed by atoms with Gasteiger partial charge in [-0.05, 0) is 49.8 Å². The summed E-state index contributed by atoms with van der Waals surface area (Å²) >= 11 is 3.28. The molecule has 0 bridgehead atoms. The standard InChI is InChI=1S/C19H29BrFN3OS.HI/c1-3-26(25)17-8-4-7-16(13-17)24-19(22-2)23-11-5-6-14-9-10-15(20)12-18(14)21;/h9-10,12,16-17H,3-8,11,13H2,1-2H3,(H2,22,23,24);1H. The predicted octanol–water partition coefficient (Wildman–Crippen LogP) is 4.38. The molecule has 0 saturated heterocycles. The van der Waals surface area contributed by atoms with E-state index in [0.717, 1.165) is 60.4 Å². The van der Waals surface area contributed by atoms with Gasteiger partial charge in [0.25, 0.3) is 0 Å². The van der Waals surface area contributed by atoms with Crippen molar-refractivity contribution < 1.29 is 8.60 Å². The second-order valence-corrected chi connectivity index (χ2v) is 9.56. The first-order chi connectivity index (χ1) is 12.5. The molecule has 1 aliphatic carbocycles. The van der Waals surface area contributed by atoms with Gasteiger partial charge < -0.3 is 10.6 Å². The number of halogens is 3. The van der Waals surface area contributed by atoms with E-state index in [1.165, 1.54) is 6.07 Å². The van der Waals surface area contributed by atoms with Gasteiger partial charge in [-0.2, -0.15) is 0 Å². The van der Waals surface area contributed by atoms with Crippen LogP contribution in [-0.4, -0.2) is 40.8 Å². The number of hydrogen-bond acceptors (Lipinski definition) is 2. The zero-order valence-electron chi connectivity index (χ0n) is 16.0. The lowest BCUT2D eigenvalue weighted by Gasteiger charge is -2.30. The van der Waals surface area contributed by atoms with Gasteiger partial charge in [-0.3, -0.25) is 9.20 Å². The van der Waals surface area contributed by atoms with E-state index in [1.807, 2.05) is 19.1 Å². The number of benzene rings is 1. The van der Waals surface area contributed by atoms with Crippen molar-refractivity contribution in [3.63, 3.8) is 0 Å². The molecule has 0 radical (unpaired) electrons. The highest BCUT2D eigenvalue weighted by molar-refractivity contribution is 14.0. The topological polar surface area (TPSA) is 53.5 Å². The molecule has 4 nitrogen and oxygen atoms in total. The van der Waals surface area contributed by atoms with Gasteiger partial charge in [0.05, 0.1) is 0 Å². The van der Waals surface area contributed by atoms with Crippen LogP contribution in [-0.2, 0) is 17.2 Å². The molecule has 3 unspecified atom stereocenters. The number of aryl methyl sites for hydroxylation is 1. The van der Waals surface area contributed by atoms with Crippen LogP contribution < -0.4 is 10.6 Å². The highest BCUT2D eigenvalue weighted by Gasteiger charge is 2.25. The van der Waals surface area contributed by atoms with Crippen LogP contribution >= 0.6 is 39.9 Å². The van der Waals surface area contributed by atoms with E-state index >= 15 is 0 Å². The van der Waals surface area contributed by atoms with E-state index < -0.39 is 10.8 Å². The van der Waals surface area contributed by atoms with Gasteiger partial charge in [-0.25, -0.2) is 4.39 Å². The maximum Gasteiger partial charge on any atom is 0.191 e. The molecule has 154 valence electrons. The summed E-state index contributed by atoms with van der Waals surface area (Å²) < 4.78 is 26.7. The summed E-state index contributed by atoms with van der Waals surface area (Å²) in [6.45, 7) is 2.72. The summed E-state index contributed by atoms with van der Waals surface area (Å²) in [5.74, 6) is 1.34. The maximum absolute atomic E-state index is 13.8. The molecule has 8 heteroatoms. The van der Waals surface area contributed by atoms with Crippen molar-refractivity contribution in [1.82, 2.24) is 10.6 Å². The molecule has 1 aromatic rings. The Balaban J connectivity index is 0.00000364. The summed E-state index contributed by atoms with van der Waals surface area (Å²) in [6, 6.07) is 5.51. The van der Waals surface area contributed by atoms with Crippen LogP contribution in [0.1, 0.15) is 44.6 Å². The van der Waals surface area contributed by atoms with Gasteiger partial charge in [0, 0.05) is 45.9 Å². The number of aliphatic imine (C=N–C) groups is 1. The molecule has 2 N–H and O–H groups in total. The van der Waals surface area contributed by atoms with Crippen molar-refractivity contribution in [2.45, 2.75) is 56.7 Å². The van der Waals surface area contributed by atoms with Crippen molar-refractivity contribution in [1.29, 1.82) is 0 Å². The van der Waals surface area contributed by atoms with Gasteiger partial charge in [-0.15, -0.1) is 24.0 Å². The van der Waals surface area contributed by atoms with Crippen molar-refractivity contribution in [2.24, 2.45) is 4.99 Å². The van der Waals surface area contributed by atoms with Gasteiger partial charge >= 0.3 is 0 Å². The van der Waals surface area contributed by atoms with Gasteiger partial charge in [-0.1, -0.05) is 35.3 Å². The van der Waals surface area contributed by atoms with Crippen LogP contribution in [0, 0.1) is 5.82 Å². The molecular weight excluding hydrogens is 544 g/mol. The van der Waals surface area contributed by atoms with E-state index in [9.17, 15) is 8.60 Å². The molecule has 1 fully saturated rings. The highest BCUT2D eigenvalue weighted by Crippen LogP contribution is 2.23. The second kappa shape index (κ2) is 13.1. The first kappa shape index (κ1) is 24.8. The first-order valence-corrected chi connectivity index (χ1v) is 11.5. The van der Waals surface area contributed by atoms with Gasteiger partial charge in [0.15, 0.2) is 5.96 Å². The lowest BCUT2D eigenvalue weighted by molar-refractivity contribution is 0.413. The lowest BCUT2D eigenvalue weighted by atomic mass is 9.95. The third kappa shape index (κ3) is 8.35. The van der Waals surface area contributed by atoms with Crippen LogP contribution in [0.2, 0.25) is 0 Å². The molecule has 0 heterocycles. The molecule has 1 aliphatic rings. The molecule has 3 atom stereocenters. The quantitative estimate of drug-likeness (QED) is 0.220. The predicted molar refractivity (Wildman–Crippen MR) is 127 cm³/mol. The Morgan fingerprint density at radius 3 is 2.85 bits per heavy atom. The van der Waals surface area contributed by atoms with Crippen molar-refractivity contribution in [3.05, 3.63) is 34.1 Å². The first-order valence-electron chi connectivity index (χ1n) is 9.31. The van der Waals surface area contributed by atoms with Crippen LogP contribution in [0.4, 0.5) is 4.39 Å². The van der Waals surface area contributed by atoms with Crippen molar-refractivity contribution in [3.8, 4) is 0 Å².